The molecule has 0 radical (unpaired) electrons. The molecule has 0 spiro atoms. The monoisotopic (exact) mass is 372 g/mol. The van der Waals surface area contributed by atoms with Crippen LogP contribution in [0, 0.1) is 0 Å². The second kappa shape index (κ2) is 8.67. The van der Waals surface area contributed by atoms with Crippen LogP contribution < -0.4 is 5.32 Å². The van der Waals surface area contributed by atoms with Gasteiger partial charge in [0, 0.05) is 50.8 Å². The molecule has 2 heterocycles. The Bertz CT molecular complexity index is 906. The minimum absolute atomic E-state index is 0.0857. The number of hydrogen-bond donors (Lipinski definition) is 1. The van der Waals surface area contributed by atoms with Crippen LogP contribution in [0.4, 0.5) is 11.4 Å². The second-order valence-electron chi connectivity index (χ2n) is 6.96. The number of benzene rings is 2. The highest BCUT2D eigenvalue weighted by atomic mass is 16.2. The van der Waals surface area contributed by atoms with Gasteiger partial charge in [-0.15, -0.1) is 0 Å². The number of carbonyl (C=O) groups is 1. The molecule has 142 valence electrons. The second-order valence-corrected chi connectivity index (χ2v) is 6.96. The molecular weight excluding hydrogens is 348 g/mol. The number of rotatable bonds is 5. The van der Waals surface area contributed by atoms with Crippen molar-refractivity contribution in [3.63, 3.8) is 0 Å². The smallest absolute Gasteiger partial charge is 0.256 e. The number of nitrogens with zero attached hydrogens (tertiary/aromatic N) is 3. The van der Waals surface area contributed by atoms with Crippen molar-refractivity contribution in [3.05, 3.63) is 90.3 Å². The van der Waals surface area contributed by atoms with E-state index < -0.39 is 0 Å². The van der Waals surface area contributed by atoms with E-state index in [1.165, 1.54) is 5.56 Å². The molecule has 0 saturated carbocycles. The number of amides is 1. The highest BCUT2D eigenvalue weighted by Crippen LogP contribution is 2.22. The number of carbonyl (C=O) groups excluding carboxylic acids is 1. The summed E-state index contributed by atoms with van der Waals surface area (Å²) < 4.78 is 0. The van der Waals surface area contributed by atoms with E-state index >= 15 is 0 Å². The topological polar surface area (TPSA) is 48.5 Å². The van der Waals surface area contributed by atoms with Gasteiger partial charge < -0.3 is 10.2 Å². The molecule has 0 atom stereocenters. The lowest BCUT2D eigenvalue weighted by Gasteiger charge is -2.35. The molecule has 1 aliphatic rings. The van der Waals surface area contributed by atoms with Gasteiger partial charge in [0.2, 0.25) is 0 Å². The standard InChI is InChI=1S/C23H24N4O/c28-23(21-8-4-5-9-22(21)25-20-6-2-1-3-7-20)27-16-14-26(15-17-27)18-19-10-12-24-13-11-19/h1-13,25H,14-18H2. The summed E-state index contributed by atoms with van der Waals surface area (Å²) >= 11 is 0. The van der Waals surface area contributed by atoms with Crippen LogP contribution in [0.25, 0.3) is 0 Å². The minimum atomic E-state index is 0.0857. The molecule has 4 rings (SSSR count). The molecule has 5 nitrogen and oxygen atoms in total. The van der Waals surface area contributed by atoms with E-state index in [9.17, 15) is 4.79 Å². The van der Waals surface area contributed by atoms with Crippen LogP contribution in [0.5, 0.6) is 0 Å². The number of aromatic nitrogens is 1. The van der Waals surface area contributed by atoms with Gasteiger partial charge in [0.05, 0.1) is 11.3 Å². The van der Waals surface area contributed by atoms with Crippen LogP contribution in [0.2, 0.25) is 0 Å². The van der Waals surface area contributed by atoms with Crippen molar-refractivity contribution < 1.29 is 4.79 Å². The van der Waals surface area contributed by atoms with Gasteiger partial charge in [-0.05, 0) is 42.0 Å². The third-order valence-electron chi connectivity index (χ3n) is 5.03. The Hall–Kier alpha value is -3.18. The van der Waals surface area contributed by atoms with Crippen LogP contribution in [-0.4, -0.2) is 46.9 Å². The van der Waals surface area contributed by atoms with Gasteiger partial charge in [-0.1, -0.05) is 30.3 Å². The summed E-state index contributed by atoms with van der Waals surface area (Å²) in [6.45, 7) is 4.13. The lowest BCUT2D eigenvalue weighted by molar-refractivity contribution is 0.0629. The molecule has 1 saturated heterocycles. The van der Waals surface area contributed by atoms with Crippen LogP contribution in [0.15, 0.2) is 79.1 Å². The predicted molar refractivity (Wildman–Crippen MR) is 112 cm³/mol. The molecule has 1 amide bonds. The zero-order valence-electron chi connectivity index (χ0n) is 15.8. The van der Waals surface area contributed by atoms with E-state index in [1.54, 1.807) is 0 Å². The van der Waals surface area contributed by atoms with E-state index in [-0.39, 0.29) is 5.91 Å². The Labute approximate surface area is 165 Å². The first-order chi connectivity index (χ1) is 13.8. The first-order valence-corrected chi connectivity index (χ1v) is 9.61. The third kappa shape index (κ3) is 4.38. The quantitative estimate of drug-likeness (QED) is 0.740. The summed E-state index contributed by atoms with van der Waals surface area (Å²) in [5.41, 5.74) is 3.80. The molecule has 0 unspecified atom stereocenters. The molecule has 28 heavy (non-hydrogen) atoms. The molecular formula is C23H24N4O. The van der Waals surface area contributed by atoms with Crippen molar-refractivity contribution in [1.82, 2.24) is 14.8 Å². The summed E-state index contributed by atoms with van der Waals surface area (Å²) in [7, 11) is 0. The third-order valence-corrected chi connectivity index (χ3v) is 5.03. The molecule has 0 bridgehead atoms. The van der Waals surface area contributed by atoms with E-state index in [0.29, 0.717) is 5.56 Å². The fourth-order valence-electron chi connectivity index (χ4n) is 3.48. The molecule has 3 aromatic rings. The largest absolute Gasteiger partial charge is 0.355 e. The lowest BCUT2D eigenvalue weighted by Crippen LogP contribution is -2.48. The van der Waals surface area contributed by atoms with Crippen LogP contribution >= 0.6 is 0 Å². The van der Waals surface area contributed by atoms with Gasteiger partial charge in [0.1, 0.15) is 0 Å². The Morgan fingerprint density at radius 1 is 0.857 bits per heavy atom. The van der Waals surface area contributed by atoms with Crippen molar-refractivity contribution in [1.29, 1.82) is 0 Å². The van der Waals surface area contributed by atoms with Crippen molar-refractivity contribution in [3.8, 4) is 0 Å². The number of pyridine rings is 1. The van der Waals surface area contributed by atoms with E-state index in [0.717, 1.165) is 44.1 Å². The predicted octanol–water partition coefficient (Wildman–Crippen LogP) is 3.78. The van der Waals surface area contributed by atoms with Gasteiger partial charge in [-0.3, -0.25) is 14.7 Å². The van der Waals surface area contributed by atoms with Crippen LogP contribution in [0.3, 0.4) is 0 Å². The SMILES string of the molecule is O=C(c1ccccc1Nc1ccccc1)N1CCN(Cc2ccncc2)CC1. The van der Waals surface area contributed by atoms with Crippen molar-refractivity contribution >= 4 is 17.3 Å². The molecule has 5 heteroatoms. The molecule has 1 fully saturated rings. The summed E-state index contributed by atoms with van der Waals surface area (Å²) in [5, 5.41) is 3.37. The average molecular weight is 372 g/mol. The summed E-state index contributed by atoms with van der Waals surface area (Å²) in [4.78, 5) is 21.5. The average Bonchev–Trinajstić information content (AvgIpc) is 2.76. The van der Waals surface area contributed by atoms with E-state index in [2.05, 4.69) is 15.2 Å². The molecule has 1 aliphatic heterocycles. The lowest BCUT2D eigenvalue weighted by atomic mass is 10.1. The van der Waals surface area contributed by atoms with Crippen molar-refractivity contribution in [2.45, 2.75) is 6.54 Å². The number of para-hydroxylation sites is 2. The van der Waals surface area contributed by atoms with E-state index in [4.69, 9.17) is 0 Å². The van der Waals surface area contributed by atoms with Gasteiger partial charge in [-0.25, -0.2) is 0 Å². The molecule has 0 aliphatic carbocycles. The first-order valence-electron chi connectivity index (χ1n) is 9.61. The highest BCUT2D eigenvalue weighted by molar-refractivity contribution is 6.00. The summed E-state index contributed by atoms with van der Waals surface area (Å²) in [6, 6.07) is 21.8. The number of hydrogen-bond acceptors (Lipinski definition) is 4. The normalized spacial score (nSPS) is 14.6. The molecule has 1 N–H and O–H groups in total. The molecule has 2 aromatic carbocycles. The minimum Gasteiger partial charge on any atom is -0.355 e. The Morgan fingerprint density at radius 3 is 2.29 bits per heavy atom. The number of piperazine rings is 1. The highest BCUT2D eigenvalue weighted by Gasteiger charge is 2.23. The van der Waals surface area contributed by atoms with Gasteiger partial charge in [-0.2, -0.15) is 0 Å². The van der Waals surface area contributed by atoms with E-state index in [1.807, 2.05) is 84.0 Å². The summed E-state index contributed by atoms with van der Waals surface area (Å²) in [6.07, 6.45) is 3.65. The maximum atomic E-state index is 13.1. The zero-order chi connectivity index (χ0) is 19.2. The van der Waals surface area contributed by atoms with Crippen molar-refractivity contribution in [2.24, 2.45) is 0 Å². The number of nitrogens with one attached hydrogen (secondary N) is 1. The fourth-order valence-corrected chi connectivity index (χ4v) is 3.48. The Balaban J connectivity index is 1.40. The van der Waals surface area contributed by atoms with Crippen LogP contribution in [-0.2, 0) is 6.54 Å². The first kappa shape index (κ1) is 18.2. The zero-order valence-corrected chi connectivity index (χ0v) is 15.8. The number of anilines is 2. The Morgan fingerprint density at radius 2 is 1.54 bits per heavy atom. The molecule has 1 aromatic heterocycles. The van der Waals surface area contributed by atoms with Gasteiger partial charge >= 0.3 is 0 Å². The Kier molecular flexibility index (Phi) is 5.64. The maximum absolute atomic E-state index is 13.1. The summed E-state index contributed by atoms with van der Waals surface area (Å²) in [5.74, 6) is 0.0857. The van der Waals surface area contributed by atoms with Gasteiger partial charge in [0.25, 0.3) is 5.91 Å². The fraction of sp³-hybridized carbons (Fsp3) is 0.217. The van der Waals surface area contributed by atoms with Crippen molar-refractivity contribution in [2.75, 3.05) is 31.5 Å². The van der Waals surface area contributed by atoms with Gasteiger partial charge in [0.15, 0.2) is 0 Å². The van der Waals surface area contributed by atoms with Crippen LogP contribution in [0.1, 0.15) is 15.9 Å². The maximum Gasteiger partial charge on any atom is 0.256 e.